The standard InChI is InChI=1S/C33H37N3O5/c1-23(37)40-21-19-34-33(39)31(22-25-4-8-26(9-5-25)27-10-11-27)35-32(38)28-12-16-30(17-13-28)41-20-18-24-6-14-29(15-7-24)36(2)3/h4-9,12-17,22,27H,10-11,18-21H2,1-3H3,(H,34,39)(H,35,38)/b31-22-. The van der Waals surface area contributed by atoms with Crippen molar-refractivity contribution in [2.45, 2.75) is 32.1 Å². The molecular weight excluding hydrogens is 518 g/mol. The minimum absolute atomic E-state index is 0.0429. The Morgan fingerprint density at radius 2 is 1.59 bits per heavy atom. The van der Waals surface area contributed by atoms with Gasteiger partial charge in [0.2, 0.25) is 0 Å². The van der Waals surface area contributed by atoms with Gasteiger partial charge in [-0.3, -0.25) is 14.4 Å². The van der Waals surface area contributed by atoms with E-state index in [-0.39, 0.29) is 18.8 Å². The molecule has 8 nitrogen and oxygen atoms in total. The molecule has 2 amide bonds. The number of carbonyl (C=O) groups is 3. The Hall–Kier alpha value is -4.59. The van der Waals surface area contributed by atoms with Crippen molar-refractivity contribution >= 4 is 29.5 Å². The largest absolute Gasteiger partial charge is 0.493 e. The summed E-state index contributed by atoms with van der Waals surface area (Å²) < 4.78 is 10.8. The van der Waals surface area contributed by atoms with Crippen LogP contribution in [0.1, 0.15) is 52.7 Å². The monoisotopic (exact) mass is 555 g/mol. The van der Waals surface area contributed by atoms with E-state index >= 15 is 0 Å². The zero-order chi connectivity index (χ0) is 29.2. The van der Waals surface area contributed by atoms with Crippen molar-refractivity contribution in [3.05, 3.63) is 101 Å². The maximum atomic E-state index is 13.1. The smallest absolute Gasteiger partial charge is 0.302 e. The average Bonchev–Trinajstić information content (AvgIpc) is 3.81. The quantitative estimate of drug-likeness (QED) is 0.180. The summed E-state index contributed by atoms with van der Waals surface area (Å²) in [5.74, 6) is -0.0476. The molecule has 3 aromatic carbocycles. The van der Waals surface area contributed by atoms with E-state index in [9.17, 15) is 14.4 Å². The molecule has 1 aliphatic rings. The van der Waals surface area contributed by atoms with E-state index in [0.717, 1.165) is 17.7 Å². The minimum atomic E-state index is -0.477. The number of amides is 2. The van der Waals surface area contributed by atoms with Crippen LogP contribution in [0, 0.1) is 0 Å². The molecule has 1 fully saturated rings. The first kappa shape index (κ1) is 29.4. The third kappa shape index (κ3) is 9.24. The lowest BCUT2D eigenvalue weighted by Crippen LogP contribution is -2.36. The molecule has 1 saturated carbocycles. The lowest BCUT2D eigenvalue weighted by molar-refractivity contribution is -0.141. The average molecular weight is 556 g/mol. The van der Waals surface area contributed by atoms with E-state index in [2.05, 4.69) is 51.9 Å². The Labute approximate surface area is 241 Å². The number of benzene rings is 3. The van der Waals surface area contributed by atoms with Gasteiger partial charge < -0.3 is 25.0 Å². The molecule has 0 bridgehead atoms. The Kier molecular flexibility index (Phi) is 10.2. The van der Waals surface area contributed by atoms with Crippen molar-refractivity contribution in [2.75, 3.05) is 38.8 Å². The number of carbonyl (C=O) groups excluding carboxylic acids is 3. The van der Waals surface area contributed by atoms with Gasteiger partial charge in [-0.1, -0.05) is 36.4 Å². The second-order valence-electron chi connectivity index (χ2n) is 10.2. The van der Waals surface area contributed by atoms with Crippen LogP contribution in [-0.2, 0) is 20.7 Å². The van der Waals surface area contributed by atoms with Crippen LogP contribution in [0.5, 0.6) is 5.75 Å². The first-order chi connectivity index (χ1) is 19.8. The van der Waals surface area contributed by atoms with E-state index in [1.54, 1.807) is 30.3 Å². The number of hydrogen-bond donors (Lipinski definition) is 2. The molecule has 2 N–H and O–H groups in total. The number of esters is 1. The third-order valence-corrected chi connectivity index (χ3v) is 6.71. The molecule has 0 saturated heterocycles. The molecule has 0 unspecified atom stereocenters. The number of rotatable bonds is 13. The van der Waals surface area contributed by atoms with E-state index in [1.165, 1.54) is 30.9 Å². The van der Waals surface area contributed by atoms with Crippen LogP contribution in [0.25, 0.3) is 6.08 Å². The van der Waals surface area contributed by atoms with Gasteiger partial charge in [0.1, 0.15) is 18.1 Å². The normalized spacial score (nSPS) is 12.8. The predicted molar refractivity (Wildman–Crippen MR) is 160 cm³/mol. The van der Waals surface area contributed by atoms with Crippen molar-refractivity contribution in [1.82, 2.24) is 10.6 Å². The molecule has 0 spiro atoms. The van der Waals surface area contributed by atoms with Gasteiger partial charge in [0.25, 0.3) is 11.8 Å². The molecule has 0 aromatic heterocycles. The van der Waals surface area contributed by atoms with Gasteiger partial charge in [-0.2, -0.15) is 0 Å². The minimum Gasteiger partial charge on any atom is -0.493 e. The summed E-state index contributed by atoms with van der Waals surface area (Å²) in [5, 5.41) is 5.42. The SMILES string of the molecule is CC(=O)OCCNC(=O)/C(=C/c1ccc(C2CC2)cc1)NC(=O)c1ccc(OCCc2ccc(N(C)C)cc2)cc1. The van der Waals surface area contributed by atoms with Gasteiger partial charge in [0, 0.05) is 38.7 Å². The summed E-state index contributed by atoms with van der Waals surface area (Å²) in [6.07, 6.45) is 4.81. The zero-order valence-corrected chi connectivity index (χ0v) is 23.8. The van der Waals surface area contributed by atoms with Crippen LogP contribution < -0.4 is 20.3 Å². The third-order valence-electron chi connectivity index (χ3n) is 6.71. The van der Waals surface area contributed by atoms with E-state index in [0.29, 0.717) is 23.8 Å². The van der Waals surface area contributed by atoms with Crippen molar-refractivity contribution < 1.29 is 23.9 Å². The molecule has 41 heavy (non-hydrogen) atoms. The highest BCUT2D eigenvalue weighted by molar-refractivity contribution is 6.05. The highest BCUT2D eigenvalue weighted by Crippen LogP contribution is 2.39. The predicted octanol–water partition coefficient (Wildman–Crippen LogP) is 4.70. The van der Waals surface area contributed by atoms with Crippen molar-refractivity contribution in [1.29, 1.82) is 0 Å². The molecule has 1 aliphatic carbocycles. The molecule has 8 heteroatoms. The van der Waals surface area contributed by atoms with Crippen molar-refractivity contribution in [2.24, 2.45) is 0 Å². The Bertz CT molecular complexity index is 1360. The van der Waals surface area contributed by atoms with Crippen LogP contribution >= 0.6 is 0 Å². The fourth-order valence-corrected chi connectivity index (χ4v) is 4.21. The van der Waals surface area contributed by atoms with Gasteiger partial charge >= 0.3 is 5.97 Å². The maximum Gasteiger partial charge on any atom is 0.302 e. The Morgan fingerprint density at radius 3 is 2.20 bits per heavy atom. The highest BCUT2D eigenvalue weighted by atomic mass is 16.5. The first-order valence-corrected chi connectivity index (χ1v) is 13.8. The number of ether oxygens (including phenoxy) is 2. The van der Waals surface area contributed by atoms with Crippen LogP contribution in [0.15, 0.2) is 78.5 Å². The lowest BCUT2D eigenvalue weighted by Gasteiger charge is -2.13. The van der Waals surface area contributed by atoms with Crippen LogP contribution in [-0.4, -0.2) is 51.6 Å². The topological polar surface area (TPSA) is 97.0 Å². The second kappa shape index (κ2) is 14.2. The Balaban J connectivity index is 1.36. The molecule has 3 aromatic rings. The van der Waals surface area contributed by atoms with Gasteiger partial charge in [0.05, 0.1) is 13.2 Å². The Morgan fingerprint density at radius 1 is 0.902 bits per heavy atom. The maximum absolute atomic E-state index is 13.1. The van der Waals surface area contributed by atoms with Gasteiger partial charge in [-0.25, -0.2) is 0 Å². The molecule has 0 heterocycles. The number of hydrogen-bond acceptors (Lipinski definition) is 6. The zero-order valence-electron chi connectivity index (χ0n) is 23.8. The molecular formula is C33H37N3O5. The molecule has 4 rings (SSSR count). The van der Waals surface area contributed by atoms with E-state index in [1.807, 2.05) is 26.2 Å². The van der Waals surface area contributed by atoms with Crippen molar-refractivity contribution in [3.63, 3.8) is 0 Å². The first-order valence-electron chi connectivity index (χ1n) is 13.8. The lowest BCUT2D eigenvalue weighted by atomic mass is 10.1. The molecule has 0 radical (unpaired) electrons. The second-order valence-corrected chi connectivity index (χ2v) is 10.2. The number of nitrogens with one attached hydrogen (secondary N) is 2. The fourth-order valence-electron chi connectivity index (χ4n) is 4.21. The summed E-state index contributed by atoms with van der Waals surface area (Å²) in [4.78, 5) is 39.1. The summed E-state index contributed by atoms with van der Waals surface area (Å²) in [7, 11) is 4.02. The number of anilines is 1. The van der Waals surface area contributed by atoms with Crippen LogP contribution in [0.2, 0.25) is 0 Å². The molecule has 214 valence electrons. The van der Waals surface area contributed by atoms with Crippen LogP contribution in [0.4, 0.5) is 5.69 Å². The van der Waals surface area contributed by atoms with E-state index in [4.69, 9.17) is 9.47 Å². The van der Waals surface area contributed by atoms with Crippen LogP contribution in [0.3, 0.4) is 0 Å². The van der Waals surface area contributed by atoms with E-state index < -0.39 is 17.8 Å². The van der Waals surface area contributed by atoms with Crippen molar-refractivity contribution in [3.8, 4) is 5.75 Å². The van der Waals surface area contributed by atoms with Gasteiger partial charge in [0.15, 0.2) is 0 Å². The molecule has 0 aliphatic heterocycles. The summed E-state index contributed by atoms with van der Waals surface area (Å²) >= 11 is 0. The summed E-state index contributed by atoms with van der Waals surface area (Å²) in [6.45, 7) is 1.98. The molecule has 0 atom stereocenters. The van der Waals surface area contributed by atoms with Gasteiger partial charge in [-0.05, 0) is 77.9 Å². The van der Waals surface area contributed by atoms with Gasteiger partial charge in [-0.15, -0.1) is 0 Å². The number of nitrogens with zero attached hydrogens (tertiary/aromatic N) is 1. The summed E-state index contributed by atoms with van der Waals surface area (Å²) in [5.41, 5.74) is 4.88. The fraction of sp³-hybridized carbons (Fsp3) is 0.303. The summed E-state index contributed by atoms with van der Waals surface area (Å²) in [6, 6.07) is 23.1. The highest BCUT2D eigenvalue weighted by Gasteiger charge is 2.23.